The Morgan fingerprint density at radius 3 is 2.76 bits per heavy atom. The molecule has 0 radical (unpaired) electrons. The van der Waals surface area contributed by atoms with E-state index >= 15 is 0 Å². The monoisotopic (exact) mass is 342 g/mol. The first-order valence-electron chi connectivity index (χ1n) is 7.65. The van der Waals surface area contributed by atoms with Crippen LogP contribution in [-0.2, 0) is 7.05 Å². The minimum Gasteiger partial charge on any atom is -0.345 e. The zero-order valence-electron chi connectivity index (χ0n) is 13.7. The van der Waals surface area contributed by atoms with Gasteiger partial charge in [-0.2, -0.15) is 5.10 Å². The van der Waals surface area contributed by atoms with Crippen molar-refractivity contribution in [2.45, 2.75) is 13.0 Å². The molecule has 2 aromatic heterocycles. The van der Waals surface area contributed by atoms with Crippen molar-refractivity contribution in [1.82, 2.24) is 20.1 Å². The number of hydrogen-bond donors (Lipinski definition) is 1. The number of nitrogens with one attached hydrogen (secondary N) is 1. The van der Waals surface area contributed by atoms with Crippen molar-refractivity contribution in [2.24, 2.45) is 7.05 Å². The molecule has 0 bridgehead atoms. The highest BCUT2D eigenvalue weighted by Gasteiger charge is 2.20. The molecule has 2 heterocycles. The van der Waals surface area contributed by atoms with E-state index in [2.05, 4.69) is 15.4 Å². The molecule has 3 aromatic rings. The highest BCUT2D eigenvalue weighted by Crippen LogP contribution is 2.23. The van der Waals surface area contributed by atoms with Crippen LogP contribution in [0.1, 0.15) is 28.9 Å². The molecule has 25 heavy (non-hydrogen) atoms. The van der Waals surface area contributed by atoms with Gasteiger partial charge in [0.05, 0.1) is 11.6 Å². The van der Waals surface area contributed by atoms with E-state index in [-0.39, 0.29) is 5.56 Å². The zero-order valence-corrected chi connectivity index (χ0v) is 13.7. The van der Waals surface area contributed by atoms with E-state index in [9.17, 15) is 13.6 Å². The molecular weight excluding hydrogens is 326 g/mol. The van der Waals surface area contributed by atoms with Crippen LogP contribution in [0.4, 0.5) is 8.78 Å². The Labute approximate surface area is 143 Å². The first-order chi connectivity index (χ1) is 12.0. The summed E-state index contributed by atoms with van der Waals surface area (Å²) in [6.45, 7) is 1.63. The molecular formula is C18H16F2N4O. The van der Waals surface area contributed by atoms with Crippen LogP contribution in [0.2, 0.25) is 0 Å². The molecule has 0 aliphatic heterocycles. The Morgan fingerprint density at radius 1 is 1.28 bits per heavy atom. The maximum absolute atomic E-state index is 13.9. The van der Waals surface area contributed by atoms with E-state index in [0.717, 1.165) is 12.1 Å². The van der Waals surface area contributed by atoms with Gasteiger partial charge < -0.3 is 5.32 Å². The maximum Gasteiger partial charge on any atom is 0.255 e. The second-order valence-corrected chi connectivity index (χ2v) is 5.67. The summed E-state index contributed by atoms with van der Waals surface area (Å²) in [5.74, 6) is -1.76. The number of nitrogens with zero attached hydrogens (tertiary/aromatic N) is 3. The molecule has 3 rings (SSSR count). The SMILES string of the molecule is C[C@@H](NC(=O)c1cn(C)nc1-c1cccnc1)c1ccc(F)cc1F. The molecule has 1 aromatic carbocycles. The standard InChI is InChI=1S/C18H16F2N4O/c1-11(14-6-5-13(19)8-16(14)20)22-18(25)15-10-24(2)23-17(15)12-4-3-7-21-9-12/h3-11H,1-2H3,(H,22,25)/t11-/m1/s1. The highest BCUT2D eigenvalue weighted by molar-refractivity contribution is 5.99. The maximum atomic E-state index is 13.9. The first-order valence-corrected chi connectivity index (χ1v) is 7.65. The fourth-order valence-electron chi connectivity index (χ4n) is 2.58. The lowest BCUT2D eigenvalue weighted by molar-refractivity contribution is 0.0940. The van der Waals surface area contributed by atoms with Gasteiger partial charge in [0, 0.05) is 42.8 Å². The number of amides is 1. The number of aryl methyl sites for hydroxylation is 1. The summed E-state index contributed by atoms with van der Waals surface area (Å²) in [6, 6.07) is 6.20. The van der Waals surface area contributed by atoms with Gasteiger partial charge in [-0.3, -0.25) is 14.5 Å². The smallest absolute Gasteiger partial charge is 0.255 e. The Hall–Kier alpha value is -3.09. The summed E-state index contributed by atoms with van der Waals surface area (Å²) in [7, 11) is 1.71. The van der Waals surface area contributed by atoms with Gasteiger partial charge in [0.15, 0.2) is 0 Å². The predicted octanol–water partition coefficient (Wildman–Crippen LogP) is 3.25. The largest absolute Gasteiger partial charge is 0.345 e. The van der Waals surface area contributed by atoms with Crippen molar-refractivity contribution in [3.05, 3.63) is 71.7 Å². The van der Waals surface area contributed by atoms with Crippen LogP contribution in [0.25, 0.3) is 11.3 Å². The Morgan fingerprint density at radius 2 is 2.08 bits per heavy atom. The van der Waals surface area contributed by atoms with Crippen LogP contribution in [-0.4, -0.2) is 20.7 Å². The zero-order chi connectivity index (χ0) is 18.0. The van der Waals surface area contributed by atoms with Crippen molar-refractivity contribution in [3.8, 4) is 11.3 Å². The van der Waals surface area contributed by atoms with Crippen LogP contribution in [0.15, 0.2) is 48.9 Å². The van der Waals surface area contributed by atoms with Crippen LogP contribution >= 0.6 is 0 Å². The molecule has 0 spiro atoms. The van der Waals surface area contributed by atoms with Crippen LogP contribution in [0.3, 0.4) is 0 Å². The molecule has 128 valence electrons. The van der Waals surface area contributed by atoms with E-state index in [4.69, 9.17) is 0 Å². The van der Waals surface area contributed by atoms with Crippen LogP contribution in [0.5, 0.6) is 0 Å². The molecule has 0 aliphatic carbocycles. The third kappa shape index (κ3) is 3.55. The number of carbonyl (C=O) groups is 1. The number of hydrogen-bond acceptors (Lipinski definition) is 3. The molecule has 1 N–H and O–H groups in total. The molecule has 5 nitrogen and oxygen atoms in total. The average molecular weight is 342 g/mol. The molecule has 1 amide bonds. The van der Waals surface area contributed by atoms with Gasteiger partial charge in [0.2, 0.25) is 0 Å². The van der Waals surface area contributed by atoms with E-state index in [1.807, 2.05) is 0 Å². The topological polar surface area (TPSA) is 59.8 Å². The normalized spacial score (nSPS) is 12.0. The van der Waals surface area contributed by atoms with Crippen molar-refractivity contribution < 1.29 is 13.6 Å². The third-order valence-electron chi connectivity index (χ3n) is 3.78. The summed E-state index contributed by atoms with van der Waals surface area (Å²) in [5.41, 5.74) is 1.75. The van der Waals surface area contributed by atoms with Crippen molar-refractivity contribution in [3.63, 3.8) is 0 Å². The summed E-state index contributed by atoms with van der Waals surface area (Å²) < 4.78 is 28.5. The Kier molecular flexibility index (Phi) is 4.56. The van der Waals surface area contributed by atoms with E-state index < -0.39 is 23.6 Å². The lowest BCUT2D eigenvalue weighted by atomic mass is 10.1. The number of pyridine rings is 1. The third-order valence-corrected chi connectivity index (χ3v) is 3.78. The minimum absolute atomic E-state index is 0.210. The van der Waals surface area contributed by atoms with E-state index in [1.54, 1.807) is 44.7 Å². The number of aromatic nitrogens is 3. The molecule has 0 aliphatic rings. The van der Waals surface area contributed by atoms with Crippen LogP contribution in [0, 0.1) is 11.6 Å². The summed E-state index contributed by atoms with van der Waals surface area (Å²) >= 11 is 0. The molecule has 0 unspecified atom stereocenters. The fourth-order valence-corrected chi connectivity index (χ4v) is 2.58. The minimum atomic E-state index is -0.702. The predicted molar refractivity (Wildman–Crippen MR) is 88.7 cm³/mol. The molecule has 0 saturated carbocycles. The molecule has 1 atom stereocenters. The Balaban J connectivity index is 1.87. The second kappa shape index (κ2) is 6.80. The van der Waals surface area contributed by atoms with E-state index in [0.29, 0.717) is 16.8 Å². The van der Waals surface area contributed by atoms with Crippen molar-refractivity contribution in [1.29, 1.82) is 0 Å². The Bertz CT molecular complexity index is 909. The first kappa shape index (κ1) is 16.8. The number of rotatable bonds is 4. The fraction of sp³-hybridized carbons (Fsp3) is 0.167. The summed E-state index contributed by atoms with van der Waals surface area (Å²) in [4.78, 5) is 16.7. The average Bonchev–Trinajstić information content (AvgIpc) is 2.97. The van der Waals surface area contributed by atoms with Gasteiger partial charge in [-0.05, 0) is 25.1 Å². The molecule has 0 fully saturated rings. The van der Waals surface area contributed by atoms with Gasteiger partial charge in [0.1, 0.15) is 17.3 Å². The summed E-state index contributed by atoms with van der Waals surface area (Å²) in [5, 5.41) is 7.02. The second-order valence-electron chi connectivity index (χ2n) is 5.67. The highest BCUT2D eigenvalue weighted by atomic mass is 19.1. The molecule has 0 saturated heterocycles. The quantitative estimate of drug-likeness (QED) is 0.792. The summed E-state index contributed by atoms with van der Waals surface area (Å²) in [6.07, 6.45) is 4.83. The van der Waals surface area contributed by atoms with Gasteiger partial charge in [-0.15, -0.1) is 0 Å². The lowest BCUT2D eigenvalue weighted by Crippen LogP contribution is -2.27. The van der Waals surface area contributed by atoms with Gasteiger partial charge >= 0.3 is 0 Å². The lowest BCUT2D eigenvalue weighted by Gasteiger charge is -2.15. The number of benzene rings is 1. The molecule has 7 heteroatoms. The number of halogens is 2. The van der Waals surface area contributed by atoms with Gasteiger partial charge in [-0.1, -0.05) is 6.07 Å². The van der Waals surface area contributed by atoms with Crippen LogP contribution < -0.4 is 5.32 Å². The van der Waals surface area contributed by atoms with E-state index in [1.165, 1.54) is 10.7 Å². The van der Waals surface area contributed by atoms with Gasteiger partial charge in [0.25, 0.3) is 5.91 Å². The number of carbonyl (C=O) groups excluding carboxylic acids is 1. The van der Waals surface area contributed by atoms with Crippen molar-refractivity contribution >= 4 is 5.91 Å². The van der Waals surface area contributed by atoms with Gasteiger partial charge in [-0.25, -0.2) is 8.78 Å². The van der Waals surface area contributed by atoms with Crippen molar-refractivity contribution in [2.75, 3.05) is 0 Å².